The summed E-state index contributed by atoms with van der Waals surface area (Å²) in [5.41, 5.74) is 11.3. The van der Waals surface area contributed by atoms with Crippen LogP contribution >= 0.6 is 0 Å². The van der Waals surface area contributed by atoms with Crippen LogP contribution in [0.2, 0.25) is 0 Å². The van der Waals surface area contributed by atoms with Crippen LogP contribution < -0.4 is 16.2 Å². The molecule has 7 heteroatoms. The van der Waals surface area contributed by atoms with E-state index < -0.39 is 11.4 Å². The molecule has 1 amide bonds. The summed E-state index contributed by atoms with van der Waals surface area (Å²) in [7, 11) is 1.51. The highest BCUT2D eigenvalue weighted by Crippen LogP contribution is 2.26. The SMILES string of the molecule is COc1ccc2nc(N)n(C(C)(C)C(N)=O)c2n1. The number of imidazole rings is 1. The van der Waals surface area contributed by atoms with E-state index in [0.29, 0.717) is 17.0 Å². The maximum absolute atomic E-state index is 11.5. The lowest BCUT2D eigenvalue weighted by molar-refractivity contribution is -0.124. The third-order valence-corrected chi connectivity index (χ3v) is 2.88. The molecule has 0 spiro atoms. The number of carbonyl (C=O) groups is 1. The van der Waals surface area contributed by atoms with Crippen molar-refractivity contribution in [2.45, 2.75) is 19.4 Å². The maximum Gasteiger partial charge on any atom is 0.243 e. The number of hydrogen-bond acceptors (Lipinski definition) is 5. The minimum Gasteiger partial charge on any atom is -0.481 e. The average molecular weight is 249 g/mol. The minimum absolute atomic E-state index is 0.189. The van der Waals surface area contributed by atoms with Gasteiger partial charge in [-0.25, -0.2) is 4.98 Å². The molecule has 0 saturated carbocycles. The second kappa shape index (κ2) is 3.86. The number of ether oxygens (including phenoxy) is 1. The number of aromatic nitrogens is 3. The number of methoxy groups -OCH3 is 1. The molecule has 0 aliphatic rings. The zero-order chi connectivity index (χ0) is 13.5. The Morgan fingerprint density at radius 1 is 1.39 bits per heavy atom. The first kappa shape index (κ1) is 12.2. The molecule has 0 saturated heterocycles. The van der Waals surface area contributed by atoms with Gasteiger partial charge in [-0.05, 0) is 19.9 Å². The molecule has 2 aromatic heterocycles. The van der Waals surface area contributed by atoms with Crippen LogP contribution in [0, 0.1) is 0 Å². The second-order valence-electron chi connectivity index (χ2n) is 4.43. The highest BCUT2D eigenvalue weighted by Gasteiger charge is 2.31. The molecule has 0 atom stereocenters. The molecule has 0 unspecified atom stereocenters. The summed E-state index contributed by atoms with van der Waals surface area (Å²) in [5.74, 6) is 0.0941. The largest absolute Gasteiger partial charge is 0.481 e. The van der Waals surface area contributed by atoms with Crippen LogP contribution in [0.5, 0.6) is 5.88 Å². The minimum atomic E-state index is -1.02. The lowest BCUT2D eigenvalue weighted by atomic mass is 10.1. The van der Waals surface area contributed by atoms with Gasteiger partial charge in [0, 0.05) is 6.07 Å². The molecule has 2 rings (SSSR count). The number of amides is 1. The van der Waals surface area contributed by atoms with E-state index in [-0.39, 0.29) is 5.95 Å². The summed E-state index contributed by atoms with van der Waals surface area (Å²) >= 11 is 0. The predicted molar refractivity (Wildman–Crippen MR) is 67.0 cm³/mol. The van der Waals surface area contributed by atoms with Crippen molar-refractivity contribution in [3.05, 3.63) is 12.1 Å². The van der Waals surface area contributed by atoms with Gasteiger partial charge < -0.3 is 16.2 Å². The summed E-state index contributed by atoms with van der Waals surface area (Å²) < 4.78 is 6.56. The first-order chi connectivity index (χ1) is 8.37. The van der Waals surface area contributed by atoms with E-state index in [9.17, 15) is 4.79 Å². The number of hydrogen-bond donors (Lipinski definition) is 2. The van der Waals surface area contributed by atoms with Gasteiger partial charge >= 0.3 is 0 Å². The number of nitrogens with zero attached hydrogens (tertiary/aromatic N) is 3. The molecule has 2 heterocycles. The molecular formula is C11H15N5O2. The van der Waals surface area contributed by atoms with Gasteiger partial charge in [-0.15, -0.1) is 0 Å². The number of fused-ring (bicyclic) bond motifs is 1. The smallest absolute Gasteiger partial charge is 0.243 e. The number of anilines is 1. The summed E-state index contributed by atoms with van der Waals surface area (Å²) in [5, 5.41) is 0. The Morgan fingerprint density at radius 3 is 2.61 bits per heavy atom. The van der Waals surface area contributed by atoms with Gasteiger partial charge in [0.25, 0.3) is 0 Å². The summed E-state index contributed by atoms with van der Waals surface area (Å²) in [4.78, 5) is 19.9. The molecule has 18 heavy (non-hydrogen) atoms. The van der Waals surface area contributed by atoms with Crippen molar-refractivity contribution in [2.24, 2.45) is 5.73 Å². The lowest BCUT2D eigenvalue weighted by Gasteiger charge is -2.23. The van der Waals surface area contributed by atoms with Gasteiger partial charge in [-0.1, -0.05) is 0 Å². The number of pyridine rings is 1. The van der Waals surface area contributed by atoms with Crippen LogP contribution in [0.3, 0.4) is 0 Å². The highest BCUT2D eigenvalue weighted by molar-refractivity contribution is 5.86. The number of primary amides is 1. The Balaban J connectivity index is 2.76. The summed E-state index contributed by atoms with van der Waals surface area (Å²) in [6, 6.07) is 3.40. The van der Waals surface area contributed by atoms with Crippen molar-refractivity contribution in [2.75, 3.05) is 12.8 Å². The second-order valence-corrected chi connectivity index (χ2v) is 4.43. The maximum atomic E-state index is 11.5. The van der Waals surface area contributed by atoms with E-state index in [1.165, 1.54) is 11.7 Å². The average Bonchev–Trinajstić information content (AvgIpc) is 2.63. The van der Waals surface area contributed by atoms with Gasteiger partial charge in [-0.2, -0.15) is 4.98 Å². The Kier molecular flexibility index (Phi) is 2.61. The quantitative estimate of drug-likeness (QED) is 0.810. The molecule has 0 bridgehead atoms. The number of nitrogens with two attached hydrogens (primary N) is 2. The molecule has 0 aliphatic carbocycles. The van der Waals surface area contributed by atoms with Crippen molar-refractivity contribution in [3.8, 4) is 5.88 Å². The highest BCUT2D eigenvalue weighted by atomic mass is 16.5. The standard InChI is InChI=1S/C11H15N5O2/c1-11(2,9(12)17)16-8-6(14-10(16)13)4-5-7(15-8)18-3/h4-5H,1-3H3,(H2,12,17)(H2,13,14). The zero-order valence-electron chi connectivity index (χ0n) is 10.5. The van der Waals surface area contributed by atoms with E-state index >= 15 is 0 Å². The lowest BCUT2D eigenvalue weighted by Crippen LogP contribution is -2.41. The van der Waals surface area contributed by atoms with Crippen molar-refractivity contribution in [3.63, 3.8) is 0 Å². The van der Waals surface area contributed by atoms with Crippen molar-refractivity contribution in [1.82, 2.24) is 14.5 Å². The number of rotatable bonds is 3. The van der Waals surface area contributed by atoms with Crippen LogP contribution in [0.25, 0.3) is 11.2 Å². The predicted octanol–water partition coefficient (Wildman–Crippen LogP) is 0.242. The number of nitrogen functional groups attached to an aromatic ring is 1. The van der Waals surface area contributed by atoms with Crippen molar-refractivity contribution < 1.29 is 9.53 Å². The van der Waals surface area contributed by atoms with Crippen molar-refractivity contribution >= 4 is 23.0 Å². The molecule has 7 nitrogen and oxygen atoms in total. The Labute approximate surface area is 104 Å². The first-order valence-corrected chi connectivity index (χ1v) is 5.37. The zero-order valence-corrected chi connectivity index (χ0v) is 10.5. The molecule has 0 aliphatic heterocycles. The van der Waals surface area contributed by atoms with E-state index in [1.54, 1.807) is 26.0 Å². The molecule has 96 valence electrons. The van der Waals surface area contributed by atoms with Gasteiger partial charge in [0.2, 0.25) is 17.7 Å². The van der Waals surface area contributed by atoms with E-state index in [2.05, 4.69) is 9.97 Å². The van der Waals surface area contributed by atoms with Gasteiger partial charge in [0.05, 0.1) is 7.11 Å². The molecule has 0 radical (unpaired) electrons. The third kappa shape index (κ3) is 1.64. The van der Waals surface area contributed by atoms with Crippen LogP contribution in [-0.4, -0.2) is 27.6 Å². The Morgan fingerprint density at radius 2 is 2.06 bits per heavy atom. The van der Waals surface area contributed by atoms with Gasteiger partial charge in [-0.3, -0.25) is 9.36 Å². The molecular weight excluding hydrogens is 234 g/mol. The Hall–Kier alpha value is -2.31. The van der Waals surface area contributed by atoms with E-state index in [4.69, 9.17) is 16.2 Å². The number of carbonyl (C=O) groups excluding carboxylic acids is 1. The van der Waals surface area contributed by atoms with E-state index in [0.717, 1.165) is 0 Å². The van der Waals surface area contributed by atoms with Crippen LogP contribution in [0.1, 0.15) is 13.8 Å². The molecule has 2 aromatic rings. The third-order valence-electron chi connectivity index (χ3n) is 2.88. The monoisotopic (exact) mass is 249 g/mol. The first-order valence-electron chi connectivity index (χ1n) is 5.37. The van der Waals surface area contributed by atoms with Crippen LogP contribution in [0.4, 0.5) is 5.95 Å². The normalized spacial score (nSPS) is 11.7. The Bertz CT molecular complexity index is 617. The summed E-state index contributed by atoms with van der Waals surface area (Å²) in [6.45, 7) is 3.32. The molecule has 0 aromatic carbocycles. The summed E-state index contributed by atoms with van der Waals surface area (Å²) in [6.07, 6.45) is 0. The molecule has 0 fully saturated rings. The van der Waals surface area contributed by atoms with Crippen molar-refractivity contribution in [1.29, 1.82) is 0 Å². The van der Waals surface area contributed by atoms with Gasteiger partial charge in [0.15, 0.2) is 5.65 Å². The van der Waals surface area contributed by atoms with Gasteiger partial charge in [0.1, 0.15) is 11.1 Å². The van der Waals surface area contributed by atoms with E-state index in [1.807, 2.05) is 0 Å². The topological polar surface area (TPSA) is 109 Å². The fourth-order valence-corrected chi connectivity index (χ4v) is 1.73. The van der Waals surface area contributed by atoms with Crippen LogP contribution in [-0.2, 0) is 10.3 Å². The fourth-order valence-electron chi connectivity index (χ4n) is 1.73. The fraction of sp³-hybridized carbons (Fsp3) is 0.364. The molecule has 4 N–H and O–H groups in total. The van der Waals surface area contributed by atoms with Crippen LogP contribution in [0.15, 0.2) is 12.1 Å².